The standard InChI is InChI=1S/C32H29N5O6/c1-4-29-34-35-30(43-29)15-13-23-18-37(24-9-6-5-7-10-24)36-31(23)41-19-22-12-14-26(28(17-22)38-3)40-20-25-21(2)42-32(33-25)27-11-8-16-39-27/h5-18H,4,19-20H2,1-3H3. The van der Waals surface area contributed by atoms with Crippen LogP contribution in [0.25, 0.3) is 29.5 Å². The van der Waals surface area contributed by atoms with Crippen LogP contribution in [0.4, 0.5) is 0 Å². The predicted octanol–water partition coefficient (Wildman–Crippen LogP) is 6.71. The van der Waals surface area contributed by atoms with Crippen molar-refractivity contribution in [2.75, 3.05) is 7.11 Å². The molecule has 0 bridgehead atoms. The number of aryl methyl sites for hydroxylation is 2. The maximum Gasteiger partial charge on any atom is 0.263 e. The molecule has 0 N–H and O–H groups in total. The number of ether oxygens (including phenoxy) is 3. The van der Waals surface area contributed by atoms with Crippen LogP contribution in [0.1, 0.15) is 41.3 Å². The van der Waals surface area contributed by atoms with E-state index in [1.807, 2.05) is 74.7 Å². The van der Waals surface area contributed by atoms with Crippen LogP contribution in [0.5, 0.6) is 17.4 Å². The molecule has 0 aliphatic heterocycles. The lowest BCUT2D eigenvalue weighted by molar-refractivity contribution is 0.275. The molecule has 0 fully saturated rings. The Morgan fingerprint density at radius 3 is 2.56 bits per heavy atom. The van der Waals surface area contributed by atoms with Gasteiger partial charge < -0.3 is 27.5 Å². The number of methoxy groups -OCH3 is 1. The van der Waals surface area contributed by atoms with E-state index in [0.717, 1.165) is 16.8 Å². The molecular formula is C32H29N5O6. The number of benzene rings is 2. The van der Waals surface area contributed by atoms with Crippen molar-refractivity contribution in [1.29, 1.82) is 0 Å². The molecule has 11 heteroatoms. The van der Waals surface area contributed by atoms with Crippen LogP contribution < -0.4 is 14.2 Å². The first-order chi connectivity index (χ1) is 21.1. The molecular weight excluding hydrogens is 550 g/mol. The number of hydrogen-bond acceptors (Lipinski definition) is 10. The number of rotatable bonds is 12. The van der Waals surface area contributed by atoms with Crippen molar-refractivity contribution >= 4 is 12.2 Å². The Labute approximate surface area is 247 Å². The van der Waals surface area contributed by atoms with Gasteiger partial charge in [0, 0.05) is 18.7 Å². The molecule has 43 heavy (non-hydrogen) atoms. The lowest BCUT2D eigenvalue weighted by atomic mass is 10.2. The van der Waals surface area contributed by atoms with Crippen molar-refractivity contribution in [3.63, 3.8) is 0 Å². The van der Waals surface area contributed by atoms with E-state index in [9.17, 15) is 0 Å². The normalized spacial score (nSPS) is 11.3. The zero-order valence-electron chi connectivity index (χ0n) is 23.9. The maximum absolute atomic E-state index is 6.19. The molecule has 0 aliphatic rings. The largest absolute Gasteiger partial charge is 0.493 e. The Morgan fingerprint density at radius 2 is 1.79 bits per heavy atom. The SMILES string of the molecule is CCc1nnc(C=Cc2cn(-c3ccccc3)nc2OCc2ccc(OCc3nc(-c4ccco4)oc3C)c(OC)c2)o1. The van der Waals surface area contributed by atoms with Gasteiger partial charge in [0.25, 0.3) is 5.89 Å². The molecule has 6 rings (SSSR count). The molecule has 4 aromatic heterocycles. The molecule has 0 saturated heterocycles. The first-order valence-electron chi connectivity index (χ1n) is 13.7. The smallest absolute Gasteiger partial charge is 0.263 e. The topological polar surface area (TPSA) is 124 Å². The molecule has 6 aromatic rings. The number of furan rings is 1. The van der Waals surface area contributed by atoms with E-state index < -0.39 is 0 Å². The summed E-state index contributed by atoms with van der Waals surface area (Å²) >= 11 is 0. The minimum absolute atomic E-state index is 0.203. The first kappa shape index (κ1) is 27.6. The quantitative estimate of drug-likeness (QED) is 0.154. The number of oxazole rings is 1. The second kappa shape index (κ2) is 12.5. The molecule has 4 heterocycles. The van der Waals surface area contributed by atoms with Gasteiger partial charge in [0.15, 0.2) is 17.3 Å². The summed E-state index contributed by atoms with van der Waals surface area (Å²) in [6, 6.07) is 19.0. The molecule has 0 spiro atoms. The van der Waals surface area contributed by atoms with Crippen LogP contribution in [0, 0.1) is 6.92 Å². The van der Waals surface area contributed by atoms with E-state index in [-0.39, 0.29) is 13.2 Å². The predicted molar refractivity (Wildman–Crippen MR) is 157 cm³/mol. The van der Waals surface area contributed by atoms with Gasteiger partial charge in [0.2, 0.25) is 17.7 Å². The van der Waals surface area contributed by atoms with Gasteiger partial charge in [-0.15, -0.1) is 15.3 Å². The van der Waals surface area contributed by atoms with E-state index in [2.05, 4.69) is 20.3 Å². The number of hydrogen-bond donors (Lipinski definition) is 0. The van der Waals surface area contributed by atoms with Crippen molar-refractivity contribution in [3.8, 4) is 34.7 Å². The summed E-state index contributed by atoms with van der Waals surface area (Å²) in [7, 11) is 1.59. The maximum atomic E-state index is 6.19. The van der Waals surface area contributed by atoms with Gasteiger partial charge in [-0.05, 0) is 55.0 Å². The fraction of sp³-hybridized carbons (Fsp3) is 0.188. The van der Waals surface area contributed by atoms with E-state index in [0.29, 0.717) is 58.7 Å². The van der Waals surface area contributed by atoms with Crippen LogP contribution in [0.2, 0.25) is 0 Å². The second-order valence-corrected chi connectivity index (χ2v) is 9.45. The van der Waals surface area contributed by atoms with Gasteiger partial charge >= 0.3 is 0 Å². The summed E-state index contributed by atoms with van der Waals surface area (Å²) in [6.07, 6.45) is 7.72. The number of nitrogens with zero attached hydrogens (tertiary/aromatic N) is 5. The van der Waals surface area contributed by atoms with E-state index in [4.69, 9.17) is 27.5 Å². The van der Waals surface area contributed by atoms with Gasteiger partial charge in [-0.1, -0.05) is 31.2 Å². The van der Waals surface area contributed by atoms with Crippen molar-refractivity contribution < 1.29 is 27.5 Å². The molecule has 11 nitrogen and oxygen atoms in total. The Hall–Kier alpha value is -5.58. The van der Waals surface area contributed by atoms with Crippen LogP contribution in [-0.2, 0) is 19.6 Å². The zero-order valence-corrected chi connectivity index (χ0v) is 23.9. The number of para-hydroxylation sites is 1. The molecule has 0 atom stereocenters. The Balaban J connectivity index is 1.17. The third-order valence-electron chi connectivity index (χ3n) is 6.51. The molecule has 0 aliphatic carbocycles. The van der Waals surface area contributed by atoms with E-state index in [1.54, 1.807) is 36.3 Å². The summed E-state index contributed by atoms with van der Waals surface area (Å²) in [4.78, 5) is 4.50. The molecule has 0 unspecified atom stereocenters. The van der Waals surface area contributed by atoms with Gasteiger partial charge in [-0.2, -0.15) is 0 Å². The van der Waals surface area contributed by atoms with Crippen LogP contribution in [0.15, 0.2) is 86.4 Å². The lowest BCUT2D eigenvalue weighted by Gasteiger charge is -2.12. The van der Waals surface area contributed by atoms with Gasteiger partial charge in [-0.25, -0.2) is 9.67 Å². The highest BCUT2D eigenvalue weighted by Crippen LogP contribution is 2.31. The van der Waals surface area contributed by atoms with Crippen LogP contribution in [0.3, 0.4) is 0 Å². The van der Waals surface area contributed by atoms with Crippen molar-refractivity contribution in [1.82, 2.24) is 25.0 Å². The van der Waals surface area contributed by atoms with Crippen molar-refractivity contribution in [2.45, 2.75) is 33.5 Å². The summed E-state index contributed by atoms with van der Waals surface area (Å²) in [6.45, 7) is 4.25. The third-order valence-corrected chi connectivity index (χ3v) is 6.51. The molecule has 2 aromatic carbocycles. The second-order valence-electron chi connectivity index (χ2n) is 9.45. The molecule has 0 radical (unpaired) electrons. The lowest BCUT2D eigenvalue weighted by Crippen LogP contribution is -2.02. The Bertz CT molecular complexity index is 1820. The Kier molecular flexibility index (Phi) is 8.03. The van der Waals surface area contributed by atoms with Gasteiger partial charge in [0.1, 0.15) is 24.7 Å². The molecule has 218 valence electrons. The Morgan fingerprint density at radius 1 is 0.907 bits per heavy atom. The highest BCUT2D eigenvalue weighted by Gasteiger charge is 2.16. The average molecular weight is 580 g/mol. The summed E-state index contributed by atoms with van der Waals surface area (Å²) in [5.74, 6) is 4.18. The van der Waals surface area contributed by atoms with Crippen molar-refractivity contribution in [3.05, 3.63) is 107 Å². The number of aromatic nitrogens is 5. The minimum Gasteiger partial charge on any atom is -0.493 e. The zero-order chi connectivity index (χ0) is 29.6. The average Bonchev–Trinajstić information content (AvgIpc) is 3.86. The minimum atomic E-state index is 0.203. The van der Waals surface area contributed by atoms with E-state index in [1.165, 1.54) is 0 Å². The fourth-order valence-electron chi connectivity index (χ4n) is 4.24. The molecule has 0 amide bonds. The summed E-state index contributed by atoms with van der Waals surface area (Å²) < 4.78 is 36.3. The van der Waals surface area contributed by atoms with Gasteiger partial charge in [0.05, 0.1) is 24.6 Å². The third kappa shape index (κ3) is 6.35. The van der Waals surface area contributed by atoms with E-state index >= 15 is 0 Å². The fourth-order valence-corrected chi connectivity index (χ4v) is 4.24. The van der Waals surface area contributed by atoms with Crippen molar-refractivity contribution in [2.24, 2.45) is 0 Å². The monoisotopic (exact) mass is 579 g/mol. The van der Waals surface area contributed by atoms with Gasteiger partial charge in [-0.3, -0.25) is 0 Å². The highest BCUT2D eigenvalue weighted by molar-refractivity contribution is 5.68. The highest BCUT2D eigenvalue weighted by atomic mass is 16.5. The summed E-state index contributed by atoms with van der Waals surface area (Å²) in [5.41, 5.74) is 3.20. The van der Waals surface area contributed by atoms with Crippen LogP contribution >= 0.6 is 0 Å². The summed E-state index contributed by atoms with van der Waals surface area (Å²) in [5, 5.41) is 12.8. The first-order valence-corrected chi connectivity index (χ1v) is 13.7. The molecule has 0 saturated carbocycles. The van der Waals surface area contributed by atoms with Crippen LogP contribution in [-0.4, -0.2) is 32.1 Å².